The summed E-state index contributed by atoms with van der Waals surface area (Å²) >= 11 is 11.1. The summed E-state index contributed by atoms with van der Waals surface area (Å²) in [5, 5.41) is 8.64. The topological polar surface area (TPSA) is 20.2 Å². The SMILES string of the molecule is OCC(F)(F)c1ccc(Cl)c(Cl)c1. The molecule has 13 heavy (non-hydrogen) atoms. The number of aliphatic hydroxyl groups excluding tert-OH is 1. The first-order valence-electron chi connectivity index (χ1n) is 3.41. The third-order valence-electron chi connectivity index (χ3n) is 1.54. The van der Waals surface area contributed by atoms with E-state index in [1.165, 1.54) is 6.07 Å². The second kappa shape index (κ2) is 3.78. The van der Waals surface area contributed by atoms with Gasteiger partial charge in [-0.25, -0.2) is 0 Å². The van der Waals surface area contributed by atoms with Crippen LogP contribution in [0, 0.1) is 0 Å². The van der Waals surface area contributed by atoms with Gasteiger partial charge in [0.15, 0.2) is 0 Å². The number of benzene rings is 1. The fourth-order valence-corrected chi connectivity index (χ4v) is 1.11. The maximum absolute atomic E-state index is 12.8. The molecule has 1 aromatic rings. The van der Waals surface area contributed by atoms with Gasteiger partial charge in [-0.3, -0.25) is 0 Å². The summed E-state index contributed by atoms with van der Waals surface area (Å²) in [6, 6.07) is 3.44. The van der Waals surface area contributed by atoms with E-state index in [2.05, 4.69) is 0 Å². The van der Waals surface area contributed by atoms with Gasteiger partial charge in [-0.15, -0.1) is 0 Å². The quantitative estimate of drug-likeness (QED) is 0.822. The summed E-state index contributed by atoms with van der Waals surface area (Å²) in [6.07, 6.45) is 0. The van der Waals surface area contributed by atoms with Crippen LogP contribution in [0.1, 0.15) is 5.56 Å². The van der Waals surface area contributed by atoms with Crippen LogP contribution in [0.25, 0.3) is 0 Å². The Morgan fingerprint density at radius 1 is 1.23 bits per heavy atom. The molecule has 0 aliphatic rings. The third kappa shape index (κ3) is 2.30. The Kier molecular flexibility index (Phi) is 3.11. The lowest BCUT2D eigenvalue weighted by Gasteiger charge is -2.13. The van der Waals surface area contributed by atoms with Crippen molar-refractivity contribution in [2.45, 2.75) is 5.92 Å². The fraction of sp³-hybridized carbons (Fsp3) is 0.250. The van der Waals surface area contributed by atoms with E-state index in [1.54, 1.807) is 0 Å². The van der Waals surface area contributed by atoms with Crippen molar-refractivity contribution in [3.8, 4) is 0 Å². The van der Waals surface area contributed by atoms with Crippen LogP contribution >= 0.6 is 23.2 Å². The third-order valence-corrected chi connectivity index (χ3v) is 2.28. The highest BCUT2D eigenvalue weighted by atomic mass is 35.5. The maximum atomic E-state index is 12.8. The molecule has 72 valence electrons. The molecule has 0 fully saturated rings. The number of hydrogen-bond acceptors (Lipinski definition) is 1. The minimum Gasteiger partial charge on any atom is -0.390 e. The van der Waals surface area contributed by atoms with Gasteiger partial charge in [0, 0.05) is 5.56 Å². The molecule has 0 aromatic heterocycles. The van der Waals surface area contributed by atoms with Crippen LogP contribution in [0.5, 0.6) is 0 Å². The van der Waals surface area contributed by atoms with Crippen LogP contribution in [-0.4, -0.2) is 11.7 Å². The molecule has 5 heteroatoms. The van der Waals surface area contributed by atoms with Gasteiger partial charge in [-0.05, 0) is 12.1 Å². The zero-order valence-electron chi connectivity index (χ0n) is 6.40. The summed E-state index contributed by atoms with van der Waals surface area (Å²) in [4.78, 5) is 0. The Morgan fingerprint density at radius 2 is 1.85 bits per heavy atom. The van der Waals surface area contributed by atoms with Gasteiger partial charge in [-0.2, -0.15) is 8.78 Å². The minimum absolute atomic E-state index is 0.0484. The van der Waals surface area contributed by atoms with Crippen molar-refractivity contribution < 1.29 is 13.9 Å². The Hall–Kier alpha value is -0.380. The van der Waals surface area contributed by atoms with E-state index in [4.69, 9.17) is 28.3 Å². The van der Waals surface area contributed by atoms with Crippen molar-refractivity contribution >= 4 is 23.2 Å². The van der Waals surface area contributed by atoms with Gasteiger partial charge in [0.1, 0.15) is 6.61 Å². The lowest BCUT2D eigenvalue weighted by molar-refractivity contribution is -0.0556. The smallest absolute Gasteiger partial charge is 0.295 e. The van der Waals surface area contributed by atoms with Crippen LogP contribution in [0.15, 0.2) is 18.2 Å². The van der Waals surface area contributed by atoms with Crippen molar-refractivity contribution in [3.05, 3.63) is 33.8 Å². The molecule has 0 heterocycles. The Labute approximate surface area is 83.9 Å². The molecule has 0 atom stereocenters. The molecule has 0 aliphatic heterocycles. The monoisotopic (exact) mass is 226 g/mol. The molecule has 0 aliphatic carbocycles. The Morgan fingerprint density at radius 3 is 2.31 bits per heavy atom. The summed E-state index contributed by atoms with van der Waals surface area (Å²) in [7, 11) is 0. The average Bonchev–Trinajstić information content (AvgIpc) is 2.09. The van der Waals surface area contributed by atoms with Gasteiger partial charge in [0.25, 0.3) is 5.92 Å². The predicted octanol–water partition coefficient (Wildman–Crippen LogP) is 3.08. The second-order valence-corrected chi connectivity index (χ2v) is 3.31. The zero-order valence-corrected chi connectivity index (χ0v) is 7.91. The molecule has 1 aromatic carbocycles. The van der Waals surface area contributed by atoms with Gasteiger partial charge < -0.3 is 5.11 Å². The lowest BCUT2D eigenvalue weighted by atomic mass is 10.1. The van der Waals surface area contributed by atoms with Crippen molar-refractivity contribution in [3.63, 3.8) is 0 Å². The minimum atomic E-state index is -3.27. The standard InChI is InChI=1S/C8H6Cl2F2O/c9-6-2-1-5(3-7(6)10)8(11,12)4-13/h1-3,13H,4H2. The first-order valence-corrected chi connectivity index (χ1v) is 4.17. The van der Waals surface area contributed by atoms with Gasteiger partial charge in [-0.1, -0.05) is 29.3 Å². The molecule has 0 radical (unpaired) electrons. The largest absolute Gasteiger partial charge is 0.390 e. The van der Waals surface area contributed by atoms with E-state index < -0.39 is 12.5 Å². The highest BCUT2D eigenvalue weighted by molar-refractivity contribution is 6.42. The number of alkyl halides is 2. The molecule has 0 unspecified atom stereocenters. The summed E-state index contributed by atoms with van der Waals surface area (Å²) < 4.78 is 25.7. The number of rotatable bonds is 2. The van der Waals surface area contributed by atoms with Crippen LogP contribution in [0.4, 0.5) is 8.78 Å². The molecule has 1 rings (SSSR count). The van der Waals surface area contributed by atoms with Crippen molar-refractivity contribution in [2.75, 3.05) is 6.61 Å². The molecule has 0 saturated heterocycles. The molecule has 1 nitrogen and oxygen atoms in total. The second-order valence-electron chi connectivity index (χ2n) is 2.49. The summed E-state index contributed by atoms with van der Waals surface area (Å²) in [5.41, 5.74) is -0.343. The summed E-state index contributed by atoms with van der Waals surface area (Å²) in [5.74, 6) is -3.27. The highest BCUT2D eigenvalue weighted by Gasteiger charge is 2.30. The zero-order chi connectivity index (χ0) is 10.1. The Balaban J connectivity index is 3.10. The number of hydrogen-bond donors (Lipinski definition) is 1. The fourth-order valence-electron chi connectivity index (χ4n) is 0.815. The normalized spacial score (nSPS) is 11.8. The predicted molar refractivity (Wildman–Crippen MR) is 47.4 cm³/mol. The highest BCUT2D eigenvalue weighted by Crippen LogP contribution is 2.31. The van der Waals surface area contributed by atoms with Crippen LogP contribution in [0.3, 0.4) is 0 Å². The van der Waals surface area contributed by atoms with Gasteiger partial charge >= 0.3 is 0 Å². The van der Waals surface area contributed by atoms with Gasteiger partial charge in [0.05, 0.1) is 10.0 Å². The number of aliphatic hydroxyl groups is 1. The first-order chi connectivity index (χ1) is 5.97. The van der Waals surface area contributed by atoms with E-state index in [0.29, 0.717) is 0 Å². The van der Waals surface area contributed by atoms with Crippen LogP contribution in [0.2, 0.25) is 10.0 Å². The molecule has 0 saturated carbocycles. The van der Waals surface area contributed by atoms with Crippen molar-refractivity contribution in [1.29, 1.82) is 0 Å². The molecule has 0 amide bonds. The van der Waals surface area contributed by atoms with E-state index in [9.17, 15) is 8.78 Å². The first kappa shape index (κ1) is 10.7. The summed E-state index contributed by atoms with van der Waals surface area (Å²) in [6.45, 7) is -1.25. The van der Waals surface area contributed by atoms with E-state index in [1.807, 2.05) is 0 Å². The Bertz CT molecular complexity index is 315. The molecule has 1 N–H and O–H groups in total. The molecular formula is C8H6Cl2F2O. The van der Waals surface area contributed by atoms with Crippen molar-refractivity contribution in [2.24, 2.45) is 0 Å². The molecule has 0 bridgehead atoms. The van der Waals surface area contributed by atoms with E-state index >= 15 is 0 Å². The van der Waals surface area contributed by atoms with Crippen molar-refractivity contribution in [1.82, 2.24) is 0 Å². The van der Waals surface area contributed by atoms with E-state index in [-0.39, 0.29) is 15.6 Å². The maximum Gasteiger partial charge on any atom is 0.295 e. The number of halogens is 4. The van der Waals surface area contributed by atoms with Gasteiger partial charge in [0.2, 0.25) is 0 Å². The lowest BCUT2D eigenvalue weighted by Crippen LogP contribution is -2.18. The molecular weight excluding hydrogens is 221 g/mol. The van der Waals surface area contributed by atoms with Crippen LogP contribution in [-0.2, 0) is 5.92 Å². The van der Waals surface area contributed by atoms with E-state index in [0.717, 1.165) is 12.1 Å². The van der Waals surface area contributed by atoms with Crippen LogP contribution < -0.4 is 0 Å². The molecule has 0 spiro atoms. The average molecular weight is 227 g/mol.